The summed E-state index contributed by atoms with van der Waals surface area (Å²) in [5.41, 5.74) is -0.478. The normalized spacial score (nSPS) is 13.6. The van der Waals surface area contributed by atoms with Gasteiger partial charge in [-0.2, -0.15) is 26.3 Å². The molecule has 0 heterocycles. The first kappa shape index (κ1) is 52.8. The van der Waals surface area contributed by atoms with E-state index in [0.29, 0.717) is 28.9 Å². The zero-order valence-corrected chi connectivity index (χ0v) is 43.4. The Balaban J connectivity index is 1.22. The first-order chi connectivity index (χ1) is 34.7. The maximum Gasteiger partial charge on any atom is 0.411 e. The lowest BCUT2D eigenvalue weighted by Crippen LogP contribution is -2.54. The lowest BCUT2D eigenvalue weighted by molar-refractivity contribution is -0.288. The van der Waals surface area contributed by atoms with Crippen LogP contribution in [0.3, 0.4) is 0 Å². The molecule has 73 heavy (non-hydrogen) atoms. The molecule has 0 amide bonds. The molecule has 8 aromatic rings. The number of fused-ring (bicyclic) bond motifs is 2. The maximum atomic E-state index is 15.9. The van der Waals surface area contributed by atoms with E-state index in [-0.39, 0.29) is 10.8 Å². The van der Waals surface area contributed by atoms with Gasteiger partial charge in [-0.25, -0.2) is 0 Å². The van der Waals surface area contributed by atoms with E-state index in [1.54, 1.807) is 0 Å². The summed E-state index contributed by atoms with van der Waals surface area (Å²) >= 11 is 0. The van der Waals surface area contributed by atoms with Crippen LogP contribution in [-0.2, 0) is 16.2 Å². The molecule has 0 fully saturated rings. The summed E-state index contributed by atoms with van der Waals surface area (Å²) in [5.74, 6) is 0.999. The second-order valence-corrected chi connectivity index (χ2v) is 21.3. The van der Waals surface area contributed by atoms with Gasteiger partial charge in [0.1, 0.15) is 0 Å². The maximum absolute atomic E-state index is 15.9. The fraction of sp³-hybridized carbons (Fsp3) is 0.323. The highest BCUT2D eigenvalue weighted by Gasteiger charge is 2.72. The third kappa shape index (κ3) is 10.4. The summed E-state index contributed by atoms with van der Waals surface area (Å²) in [4.78, 5) is 3.81. The minimum atomic E-state index is -5.78. The monoisotopic (exact) mass is 991 g/mol. The fourth-order valence-electron chi connectivity index (χ4n) is 10.6. The zero-order valence-electron chi connectivity index (χ0n) is 43.4. The third-order valence-electron chi connectivity index (χ3n) is 15.9. The van der Waals surface area contributed by atoms with Gasteiger partial charge in [0.15, 0.2) is 0 Å². The van der Waals surface area contributed by atoms with E-state index in [0.717, 1.165) is 113 Å². The first-order valence-corrected chi connectivity index (χ1v) is 25.8. The highest BCUT2D eigenvalue weighted by atomic mass is 19.4. The quantitative estimate of drug-likeness (QED) is 0.0791. The van der Waals surface area contributed by atoms with Crippen molar-refractivity contribution in [1.82, 2.24) is 0 Å². The van der Waals surface area contributed by atoms with E-state index in [1.165, 1.54) is 24.3 Å². The molecule has 8 aromatic carbocycles. The summed E-state index contributed by atoms with van der Waals surface area (Å²) in [6.45, 7) is 17.8. The van der Waals surface area contributed by atoms with Crippen LogP contribution >= 0.6 is 0 Å². The van der Waals surface area contributed by atoms with Gasteiger partial charge in [-0.1, -0.05) is 196 Å². The molecule has 0 saturated carbocycles. The number of unbranched alkanes of at least 4 members (excludes halogenated alkanes) is 1. The number of rotatable bonds is 18. The summed E-state index contributed by atoms with van der Waals surface area (Å²) in [6, 6.07) is 52.9. The number of hydrogen-bond acceptors (Lipinski definition) is 2. The van der Waals surface area contributed by atoms with E-state index in [9.17, 15) is 0 Å². The van der Waals surface area contributed by atoms with Gasteiger partial charge in [-0.3, -0.25) is 0 Å². The van der Waals surface area contributed by atoms with Crippen LogP contribution in [0.4, 0.5) is 60.5 Å². The molecule has 2 nitrogen and oxygen atoms in total. The summed E-state index contributed by atoms with van der Waals surface area (Å²) < 4.78 is 95.6. The molecule has 8 heteroatoms. The smallest absolute Gasteiger partial charge is 0.310 e. The molecular formula is C65H68F6N2. The topological polar surface area (TPSA) is 6.48 Å². The highest BCUT2D eigenvalue weighted by molar-refractivity contribution is 6.00. The molecule has 0 spiro atoms. The average Bonchev–Trinajstić information content (AvgIpc) is 3.38. The molecule has 0 aliphatic carbocycles. The molecule has 0 aliphatic heterocycles. The molecular weight excluding hydrogens is 923 g/mol. The van der Waals surface area contributed by atoms with Crippen molar-refractivity contribution >= 4 is 55.7 Å². The second kappa shape index (κ2) is 21.1. The summed E-state index contributed by atoms with van der Waals surface area (Å²) in [5, 5.41) is 3.63. The third-order valence-corrected chi connectivity index (χ3v) is 15.9. The van der Waals surface area contributed by atoms with E-state index in [2.05, 4.69) is 79.7 Å². The molecule has 0 aliphatic rings. The van der Waals surface area contributed by atoms with Crippen LogP contribution < -0.4 is 9.80 Å². The number of benzene rings is 8. The lowest BCUT2D eigenvalue weighted by atomic mass is 9.72. The van der Waals surface area contributed by atoms with Crippen molar-refractivity contribution in [3.05, 3.63) is 204 Å². The standard InChI is InChI=1S/C65H68F6N2/c1-9-11-18-46(4)62(7,8)50-29-37-54(38-30-50)73(60-26-17-22-48-20-13-15-24-58(48)60)56-41-33-52(34-42-56)63(64(66,67)68,65(69,70)71)51-31-39-55(40-32-51)72(59-25-16-21-47-19-12-14-23-57(47)59)53-35-27-49(28-36-53)61(5,6)44-43-45(3)10-2/h12-17,19-42,45-46H,9-11,18,43-44H2,1-8H3. The van der Waals surface area contributed by atoms with Gasteiger partial charge in [0, 0.05) is 33.5 Å². The summed E-state index contributed by atoms with van der Waals surface area (Å²) in [7, 11) is 0. The van der Waals surface area contributed by atoms with Crippen molar-refractivity contribution in [2.24, 2.45) is 11.8 Å². The number of nitrogens with zero attached hydrogens (tertiary/aromatic N) is 2. The second-order valence-electron chi connectivity index (χ2n) is 21.3. The van der Waals surface area contributed by atoms with Crippen LogP contribution in [0.1, 0.15) is 116 Å². The highest BCUT2D eigenvalue weighted by Crippen LogP contribution is 2.57. The Morgan fingerprint density at radius 2 is 0.795 bits per heavy atom. The van der Waals surface area contributed by atoms with Gasteiger partial charge in [-0.05, 0) is 136 Å². The minimum Gasteiger partial charge on any atom is -0.310 e. The van der Waals surface area contributed by atoms with Crippen LogP contribution in [0, 0.1) is 11.8 Å². The van der Waals surface area contributed by atoms with Gasteiger partial charge in [0.2, 0.25) is 5.41 Å². The minimum absolute atomic E-state index is 0.117. The van der Waals surface area contributed by atoms with Crippen molar-refractivity contribution in [3.63, 3.8) is 0 Å². The van der Waals surface area contributed by atoms with Crippen molar-refractivity contribution in [2.45, 2.75) is 123 Å². The molecule has 0 aromatic heterocycles. The largest absolute Gasteiger partial charge is 0.411 e. The van der Waals surface area contributed by atoms with Gasteiger partial charge in [0.25, 0.3) is 0 Å². The number of alkyl halides is 6. The molecule has 0 bridgehead atoms. The average molecular weight is 991 g/mol. The van der Waals surface area contributed by atoms with E-state index in [4.69, 9.17) is 0 Å². The van der Waals surface area contributed by atoms with Crippen molar-refractivity contribution in [1.29, 1.82) is 0 Å². The molecule has 2 unspecified atom stereocenters. The Morgan fingerprint density at radius 3 is 1.18 bits per heavy atom. The zero-order chi connectivity index (χ0) is 52.3. The van der Waals surface area contributed by atoms with Crippen molar-refractivity contribution in [2.75, 3.05) is 9.80 Å². The van der Waals surface area contributed by atoms with Crippen LogP contribution in [0.2, 0.25) is 0 Å². The van der Waals surface area contributed by atoms with Gasteiger partial charge < -0.3 is 9.80 Å². The number of halogens is 6. The van der Waals surface area contributed by atoms with E-state index in [1.807, 2.05) is 119 Å². The molecule has 0 N–H and O–H groups in total. The molecule has 8 rings (SSSR count). The summed E-state index contributed by atoms with van der Waals surface area (Å²) in [6.07, 6.45) is -5.08. The number of anilines is 6. The fourth-order valence-corrected chi connectivity index (χ4v) is 10.6. The van der Waals surface area contributed by atoms with Crippen molar-refractivity contribution in [3.8, 4) is 0 Å². The Bertz CT molecular complexity index is 3070. The lowest BCUT2D eigenvalue weighted by Gasteiger charge is -2.39. The van der Waals surface area contributed by atoms with Crippen LogP contribution in [0.5, 0.6) is 0 Å². The predicted octanol–water partition coefficient (Wildman–Crippen LogP) is 20.6. The Kier molecular flexibility index (Phi) is 15.3. The SMILES string of the molecule is CCCCC(C)C(C)(C)c1ccc(N(c2ccc(C(c3ccc(N(c4ccc(C(C)(C)CCC(C)CC)cc4)c4cccc5ccccc45)cc3)(C(F)(F)F)C(F)(F)F)cc2)c2cccc3ccccc23)cc1. The van der Waals surface area contributed by atoms with E-state index < -0.39 is 28.9 Å². The Morgan fingerprint density at radius 1 is 0.425 bits per heavy atom. The molecule has 380 valence electrons. The molecule has 0 radical (unpaired) electrons. The number of hydrogen-bond donors (Lipinski definition) is 0. The van der Waals surface area contributed by atoms with Crippen LogP contribution in [0.25, 0.3) is 21.5 Å². The van der Waals surface area contributed by atoms with Gasteiger partial charge >= 0.3 is 12.4 Å². The molecule has 0 saturated heterocycles. The van der Waals surface area contributed by atoms with Crippen LogP contribution in [0.15, 0.2) is 182 Å². The molecule has 2 atom stereocenters. The Hall–Kier alpha value is -6.54. The van der Waals surface area contributed by atoms with Crippen molar-refractivity contribution < 1.29 is 26.3 Å². The van der Waals surface area contributed by atoms with Gasteiger partial charge in [-0.15, -0.1) is 0 Å². The predicted molar refractivity (Wildman–Crippen MR) is 294 cm³/mol. The Labute approximate surface area is 428 Å². The first-order valence-electron chi connectivity index (χ1n) is 25.8. The van der Waals surface area contributed by atoms with Crippen LogP contribution in [-0.4, -0.2) is 12.4 Å². The van der Waals surface area contributed by atoms with E-state index >= 15 is 26.3 Å². The van der Waals surface area contributed by atoms with Gasteiger partial charge in [0.05, 0.1) is 11.4 Å².